The first kappa shape index (κ1) is 17.8. The summed E-state index contributed by atoms with van der Waals surface area (Å²) >= 11 is 0. The standard InChI is InChI=1S/C19H18N6O3/c1-2-16-14(10-20-19-21-12-22-25(16)19)18(27)28-11-17(26)24-9-8-15(23-24)13-6-4-3-5-7-13/h3-7,10,12H,2,8-9,11H2,1H3. The Bertz CT molecular complexity index is 1060. The van der Waals surface area contributed by atoms with Crippen LogP contribution in [0.4, 0.5) is 0 Å². The minimum Gasteiger partial charge on any atom is -0.452 e. The molecule has 0 fully saturated rings. The maximum Gasteiger partial charge on any atom is 0.342 e. The van der Waals surface area contributed by atoms with Crippen molar-refractivity contribution >= 4 is 23.4 Å². The van der Waals surface area contributed by atoms with E-state index in [0.29, 0.717) is 30.9 Å². The van der Waals surface area contributed by atoms with Gasteiger partial charge in [-0.2, -0.15) is 15.2 Å². The van der Waals surface area contributed by atoms with Crippen molar-refractivity contribution in [2.24, 2.45) is 5.10 Å². The van der Waals surface area contributed by atoms with Gasteiger partial charge in [0.1, 0.15) is 6.33 Å². The topological polar surface area (TPSA) is 102 Å². The van der Waals surface area contributed by atoms with E-state index in [9.17, 15) is 9.59 Å². The zero-order valence-corrected chi connectivity index (χ0v) is 15.3. The van der Waals surface area contributed by atoms with Gasteiger partial charge in [0.2, 0.25) is 0 Å². The molecule has 4 rings (SSSR count). The van der Waals surface area contributed by atoms with Crippen LogP contribution in [-0.4, -0.2) is 55.3 Å². The Labute approximate surface area is 160 Å². The van der Waals surface area contributed by atoms with Crippen LogP contribution in [0, 0.1) is 0 Å². The highest BCUT2D eigenvalue weighted by molar-refractivity contribution is 6.02. The molecule has 0 N–H and O–H groups in total. The number of nitrogens with zero attached hydrogens (tertiary/aromatic N) is 6. The first-order valence-electron chi connectivity index (χ1n) is 8.95. The van der Waals surface area contributed by atoms with E-state index in [4.69, 9.17) is 4.74 Å². The molecule has 0 saturated heterocycles. The van der Waals surface area contributed by atoms with Gasteiger partial charge >= 0.3 is 5.97 Å². The quantitative estimate of drug-likeness (QED) is 0.623. The Morgan fingerprint density at radius 3 is 2.79 bits per heavy atom. The summed E-state index contributed by atoms with van der Waals surface area (Å²) in [6.07, 6.45) is 3.97. The average molecular weight is 378 g/mol. The van der Waals surface area contributed by atoms with Crippen molar-refractivity contribution in [2.45, 2.75) is 19.8 Å². The first-order valence-corrected chi connectivity index (χ1v) is 8.95. The molecule has 0 saturated carbocycles. The van der Waals surface area contributed by atoms with Crippen molar-refractivity contribution in [1.29, 1.82) is 0 Å². The van der Waals surface area contributed by atoms with Gasteiger partial charge in [0, 0.05) is 12.6 Å². The molecule has 9 nitrogen and oxygen atoms in total. The summed E-state index contributed by atoms with van der Waals surface area (Å²) in [4.78, 5) is 32.9. The third-order valence-corrected chi connectivity index (χ3v) is 4.48. The molecule has 1 amide bonds. The summed E-state index contributed by atoms with van der Waals surface area (Å²) in [5.74, 6) is -0.585. The molecule has 1 aliphatic heterocycles. The van der Waals surface area contributed by atoms with E-state index in [1.807, 2.05) is 37.3 Å². The molecule has 1 aromatic carbocycles. The van der Waals surface area contributed by atoms with E-state index in [2.05, 4.69) is 20.2 Å². The van der Waals surface area contributed by atoms with E-state index in [1.165, 1.54) is 22.0 Å². The number of hydrogen-bond donors (Lipinski definition) is 0. The van der Waals surface area contributed by atoms with Gasteiger partial charge in [0.25, 0.3) is 11.7 Å². The SMILES string of the molecule is CCc1c(C(=O)OCC(=O)N2CCC(c3ccccc3)=N2)cnc2ncnn12. The Balaban J connectivity index is 1.43. The van der Waals surface area contributed by atoms with Crippen molar-refractivity contribution in [2.75, 3.05) is 13.2 Å². The number of amides is 1. The molecule has 2 aromatic heterocycles. The summed E-state index contributed by atoms with van der Waals surface area (Å²) in [5.41, 5.74) is 2.72. The molecule has 0 aliphatic carbocycles. The fourth-order valence-electron chi connectivity index (χ4n) is 3.09. The Morgan fingerprint density at radius 1 is 1.18 bits per heavy atom. The summed E-state index contributed by atoms with van der Waals surface area (Å²) in [5, 5.41) is 9.76. The second kappa shape index (κ2) is 7.55. The minimum absolute atomic E-state index is 0.267. The fraction of sp³-hybridized carbons (Fsp3) is 0.263. The zero-order chi connectivity index (χ0) is 19.5. The van der Waals surface area contributed by atoms with Crippen LogP contribution >= 0.6 is 0 Å². The zero-order valence-electron chi connectivity index (χ0n) is 15.3. The normalized spacial score (nSPS) is 13.6. The van der Waals surface area contributed by atoms with Crippen molar-refractivity contribution in [3.05, 3.63) is 59.7 Å². The smallest absolute Gasteiger partial charge is 0.342 e. The monoisotopic (exact) mass is 378 g/mol. The fourth-order valence-corrected chi connectivity index (χ4v) is 3.09. The molecule has 0 spiro atoms. The lowest BCUT2D eigenvalue weighted by Crippen LogP contribution is -2.29. The molecule has 0 radical (unpaired) electrons. The Morgan fingerprint density at radius 2 is 2.00 bits per heavy atom. The molecule has 28 heavy (non-hydrogen) atoms. The maximum absolute atomic E-state index is 12.5. The second-order valence-electron chi connectivity index (χ2n) is 6.20. The number of rotatable bonds is 5. The largest absolute Gasteiger partial charge is 0.452 e. The van der Waals surface area contributed by atoms with Crippen LogP contribution in [-0.2, 0) is 16.0 Å². The van der Waals surface area contributed by atoms with Gasteiger partial charge in [-0.05, 0) is 12.0 Å². The van der Waals surface area contributed by atoms with Crippen LogP contribution in [0.3, 0.4) is 0 Å². The summed E-state index contributed by atoms with van der Waals surface area (Å²) in [6.45, 7) is 1.97. The highest BCUT2D eigenvalue weighted by Gasteiger charge is 2.24. The van der Waals surface area contributed by atoms with Crippen LogP contribution in [0.15, 0.2) is 48.0 Å². The molecular formula is C19H18N6O3. The summed E-state index contributed by atoms with van der Waals surface area (Å²) < 4.78 is 6.71. The Hall–Kier alpha value is -3.62. The predicted molar refractivity (Wildman–Crippen MR) is 99.8 cm³/mol. The maximum atomic E-state index is 12.5. The number of esters is 1. The van der Waals surface area contributed by atoms with Gasteiger partial charge in [-0.3, -0.25) is 4.79 Å². The number of ether oxygens (including phenoxy) is 1. The molecule has 0 bridgehead atoms. The number of benzene rings is 1. The second-order valence-corrected chi connectivity index (χ2v) is 6.20. The number of aryl methyl sites for hydroxylation is 1. The van der Waals surface area contributed by atoms with Gasteiger partial charge in [0.05, 0.1) is 23.5 Å². The van der Waals surface area contributed by atoms with Crippen molar-refractivity contribution < 1.29 is 14.3 Å². The highest BCUT2D eigenvalue weighted by atomic mass is 16.5. The minimum atomic E-state index is -0.624. The number of hydrogen-bond acceptors (Lipinski definition) is 7. The van der Waals surface area contributed by atoms with Gasteiger partial charge in [-0.15, -0.1) is 0 Å². The van der Waals surface area contributed by atoms with Crippen LogP contribution in [0.1, 0.15) is 35.0 Å². The van der Waals surface area contributed by atoms with Crippen molar-refractivity contribution in [1.82, 2.24) is 24.6 Å². The number of hydrazone groups is 1. The lowest BCUT2D eigenvalue weighted by Gasteiger charge is -2.12. The Kier molecular flexibility index (Phi) is 4.79. The average Bonchev–Trinajstić information content (AvgIpc) is 3.41. The van der Waals surface area contributed by atoms with Crippen molar-refractivity contribution in [3.8, 4) is 0 Å². The van der Waals surface area contributed by atoms with Crippen LogP contribution < -0.4 is 0 Å². The molecule has 9 heteroatoms. The van der Waals surface area contributed by atoms with Gasteiger partial charge < -0.3 is 4.74 Å². The van der Waals surface area contributed by atoms with E-state index in [-0.39, 0.29) is 18.1 Å². The molecule has 0 unspecified atom stereocenters. The first-order chi connectivity index (χ1) is 13.7. The van der Waals surface area contributed by atoms with Gasteiger partial charge in [-0.25, -0.2) is 19.3 Å². The number of carbonyl (C=O) groups excluding carboxylic acids is 2. The van der Waals surface area contributed by atoms with Gasteiger partial charge in [-0.1, -0.05) is 37.3 Å². The number of fused-ring (bicyclic) bond motifs is 1. The van der Waals surface area contributed by atoms with E-state index in [0.717, 1.165) is 11.3 Å². The molecular weight excluding hydrogens is 360 g/mol. The van der Waals surface area contributed by atoms with E-state index >= 15 is 0 Å². The third-order valence-electron chi connectivity index (χ3n) is 4.48. The summed E-state index contributed by atoms with van der Waals surface area (Å²) in [7, 11) is 0. The number of aromatic nitrogens is 4. The lowest BCUT2D eigenvalue weighted by atomic mass is 10.1. The molecule has 3 heterocycles. The van der Waals surface area contributed by atoms with Crippen LogP contribution in [0.2, 0.25) is 0 Å². The third kappa shape index (κ3) is 3.34. The van der Waals surface area contributed by atoms with E-state index < -0.39 is 5.97 Å². The molecule has 0 atom stereocenters. The van der Waals surface area contributed by atoms with E-state index in [1.54, 1.807) is 0 Å². The van der Waals surface area contributed by atoms with Gasteiger partial charge in [0.15, 0.2) is 6.61 Å². The lowest BCUT2D eigenvalue weighted by molar-refractivity contribution is -0.134. The summed E-state index contributed by atoms with van der Waals surface area (Å²) in [6, 6.07) is 9.68. The van der Waals surface area contributed by atoms with Crippen LogP contribution in [0.25, 0.3) is 5.78 Å². The number of carbonyl (C=O) groups is 2. The van der Waals surface area contributed by atoms with Crippen LogP contribution in [0.5, 0.6) is 0 Å². The van der Waals surface area contributed by atoms with Crippen molar-refractivity contribution in [3.63, 3.8) is 0 Å². The highest BCUT2D eigenvalue weighted by Crippen LogP contribution is 2.15. The predicted octanol–water partition coefficient (Wildman–Crippen LogP) is 1.48. The molecule has 142 valence electrons. The molecule has 3 aromatic rings. The molecule has 1 aliphatic rings.